The first-order valence-electron chi connectivity index (χ1n) is 10.8. The van der Waals surface area contributed by atoms with Gasteiger partial charge in [-0.15, -0.1) is 0 Å². The van der Waals surface area contributed by atoms with Gasteiger partial charge in [0.1, 0.15) is 0 Å². The van der Waals surface area contributed by atoms with E-state index in [9.17, 15) is 9.59 Å². The fourth-order valence-corrected chi connectivity index (χ4v) is 4.98. The van der Waals surface area contributed by atoms with Crippen molar-refractivity contribution in [1.29, 1.82) is 0 Å². The number of carbonyl (C=O) groups is 2. The highest BCUT2D eigenvalue weighted by Gasteiger charge is 2.30. The van der Waals surface area contributed by atoms with Crippen LogP contribution < -0.4 is 0 Å². The number of hydrogen-bond acceptors (Lipinski definition) is 5. The van der Waals surface area contributed by atoms with Crippen LogP contribution in [-0.2, 0) is 9.53 Å². The lowest BCUT2D eigenvalue weighted by Gasteiger charge is -2.11. The van der Waals surface area contributed by atoms with Crippen molar-refractivity contribution in [2.45, 2.75) is 20.8 Å². The van der Waals surface area contributed by atoms with Crippen LogP contribution in [-0.4, -0.2) is 40.2 Å². The van der Waals surface area contributed by atoms with E-state index in [1.807, 2.05) is 68.5 Å². The summed E-state index contributed by atoms with van der Waals surface area (Å²) in [5, 5.41) is 0.634. The zero-order valence-corrected chi connectivity index (χ0v) is 21.7. The number of aliphatic imine (C=N–C) groups is 1. The number of rotatable bonds is 5. The Morgan fingerprint density at radius 1 is 1.15 bits per heavy atom. The van der Waals surface area contributed by atoms with Crippen LogP contribution in [0.1, 0.15) is 34.2 Å². The largest absolute Gasteiger partial charge is 0.462 e. The van der Waals surface area contributed by atoms with E-state index in [0.717, 1.165) is 32.8 Å². The van der Waals surface area contributed by atoms with E-state index < -0.39 is 0 Å². The van der Waals surface area contributed by atoms with Crippen LogP contribution in [0, 0.1) is 13.8 Å². The summed E-state index contributed by atoms with van der Waals surface area (Å²) in [6, 6.07) is 17.0. The zero-order valence-electron chi connectivity index (χ0n) is 19.3. The summed E-state index contributed by atoms with van der Waals surface area (Å²) in [6.45, 7) is 6.12. The minimum atomic E-state index is -0.345. The average molecular weight is 538 g/mol. The SMILES string of the molecule is CCOC(=O)c1cccc(-n2c(C)cc(/C=C3\SC(=Nc4ccc(Br)cc4)N(C)C3=O)c2C)c1. The first kappa shape index (κ1) is 24.0. The molecule has 1 fully saturated rings. The molecule has 0 unspecified atom stereocenters. The third kappa shape index (κ3) is 4.88. The Labute approximate surface area is 211 Å². The van der Waals surface area contributed by atoms with E-state index in [4.69, 9.17) is 4.74 Å². The number of hydrogen-bond donors (Lipinski definition) is 0. The van der Waals surface area contributed by atoms with Gasteiger partial charge in [0.05, 0.1) is 22.8 Å². The van der Waals surface area contributed by atoms with Gasteiger partial charge in [-0.3, -0.25) is 9.69 Å². The Morgan fingerprint density at radius 2 is 1.88 bits per heavy atom. The quantitative estimate of drug-likeness (QED) is 0.284. The van der Waals surface area contributed by atoms with Crippen molar-refractivity contribution >= 4 is 56.5 Å². The molecule has 4 rings (SSSR count). The van der Waals surface area contributed by atoms with Gasteiger partial charge in [0.15, 0.2) is 5.17 Å². The number of aryl methyl sites for hydroxylation is 1. The second-order valence-corrected chi connectivity index (χ2v) is 9.70. The average Bonchev–Trinajstić information content (AvgIpc) is 3.25. The van der Waals surface area contributed by atoms with Crippen LogP contribution in [0.25, 0.3) is 11.8 Å². The number of benzene rings is 2. The van der Waals surface area contributed by atoms with Crippen molar-refractivity contribution in [1.82, 2.24) is 9.47 Å². The molecule has 2 aromatic carbocycles. The molecule has 0 bridgehead atoms. The molecule has 3 aromatic rings. The molecule has 0 saturated carbocycles. The standard InChI is InChI=1S/C26H24BrN3O3S/c1-5-33-25(32)18-7-6-8-22(14-18)30-16(2)13-19(17(30)3)15-23-24(31)29(4)26(34-23)28-21-11-9-20(27)10-12-21/h6-15H,5H2,1-4H3/b23-15-,28-26?. The second kappa shape index (κ2) is 10.0. The van der Waals surface area contributed by atoms with Crippen molar-refractivity contribution in [3.05, 3.63) is 86.5 Å². The lowest BCUT2D eigenvalue weighted by molar-refractivity contribution is -0.121. The number of nitrogens with zero attached hydrogens (tertiary/aromatic N) is 3. The number of carbonyl (C=O) groups excluding carboxylic acids is 2. The monoisotopic (exact) mass is 537 g/mol. The maximum atomic E-state index is 12.9. The van der Waals surface area contributed by atoms with E-state index in [1.54, 1.807) is 24.9 Å². The minimum Gasteiger partial charge on any atom is -0.462 e. The summed E-state index contributed by atoms with van der Waals surface area (Å²) in [7, 11) is 1.73. The second-order valence-electron chi connectivity index (χ2n) is 7.78. The van der Waals surface area contributed by atoms with Crippen LogP contribution in [0.4, 0.5) is 5.69 Å². The topological polar surface area (TPSA) is 63.9 Å². The van der Waals surface area contributed by atoms with Gasteiger partial charge in [0.25, 0.3) is 5.91 Å². The van der Waals surface area contributed by atoms with Gasteiger partial charge in [-0.05, 0) is 92.7 Å². The van der Waals surface area contributed by atoms with Crippen LogP contribution in [0.2, 0.25) is 0 Å². The summed E-state index contributed by atoms with van der Waals surface area (Å²) in [6.07, 6.45) is 1.90. The summed E-state index contributed by atoms with van der Waals surface area (Å²) in [5.74, 6) is -0.433. The smallest absolute Gasteiger partial charge is 0.338 e. The molecule has 8 heteroatoms. The van der Waals surface area contributed by atoms with Crippen LogP contribution in [0.5, 0.6) is 0 Å². The highest BCUT2D eigenvalue weighted by molar-refractivity contribution is 9.10. The molecular formula is C26H24BrN3O3S. The highest BCUT2D eigenvalue weighted by Crippen LogP contribution is 2.34. The summed E-state index contributed by atoms with van der Waals surface area (Å²) < 4.78 is 8.18. The Morgan fingerprint density at radius 3 is 2.59 bits per heavy atom. The van der Waals surface area contributed by atoms with Gasteiger partial charge < -0.3 is 9.30 Å². The maximum absolute atomic E-state index is 12.9. The third-order valence-electron chi connectivity index (χ3n) is 5.43. The predicted molar refractivity (Wildman–Crippen MR) is 141 cm³/mol. The van der Waals surface area contributed by atoms with Gasteiger partial charge in [-0.2, -0.15) is 0 Å². The van der Waals surface area contributed by atoms with Gasteiger partial charge >= 0.3 is 5.97 Å². The van der Waals surface area contributed by atoms with E-state index >= 15 is 0 Å². The van der Waals surface area contributed by atoms with Gasteiger partial charge in [0, 0.05) is 28.6 Å². The summed E-state index contributed by atoms with van der Waals surface area (Å²) in [4.78, 5) is 31.9. The molecule has 1 saturated heterocycles. The van der Waals surface area contributed by atoms with Gasteiger partial charge in [-0.25, -0.2) is 9.79 Å². The van der Waals surface area contributed by atoms with Crippen molar-refractivity contribution in [2.75, 3.05) is 13.7 Å². The number of ether oxygens (including phenoxy) is 1. The molecule has 6 nitrogen and oxygen atoms in total. The molecule has 1 aromatic heterocycles. The molecule has 0 aliphatic carbocycles. The number of amidine groups is 1. The fourth-order valence-electron chi connectivity index (χ4n) is 3.74. The maximum Gasteiger partial charge on any atom is 0.338 e. The third-order valence-corrected chi connectivity index (χ3v) is 7.02. The highest BCUT2D eigenvalue weighted by atomic mass is 79.9. The van der Waals surface area contributed by atoms with E-state index in [2.05, 4.69) is 25.5 Å². The van der Waals surface area contributed by atoms with E-state index in [0.29, 0.717) is 22.2 Å². The van der Waals surface area contributed by atoms with Gasteiger partial charge in [0.2, 0.25) is 0 Å². The molecule has 174 valence electrons. The van der Waals surface area contributed by atoms with Crippen molar-refractivity contribution in [3.63, 3.8) is 0 Å². The van der Waals surface area contributed by atoms with E-state index in [-0.39, 0.29) is 11.9 Å². The molecule has 0 N–H and O–H groups in total. The lowest BCUT2D eigenvalue weighted by Crippen LogP contribution is -2.23. The normalized spacial score (nSPS) is 16.0. The summed E-state index contributed by atoms with van der Waals surface area (Å²) in [5.41, 5.74) is 5.06. The number of thioether (sulfide) groups is 1. The first-order chi connectivity index (χ1) is 16.3. The van der Waals surface area contributed by atoms with Crippen molar-refractivity contribution in [3.8, 4) is 5.69 Å². The van der Waals surface area contributed by atoms with Crippen LogP contribution in [0.15, 0.2) is 69.0 Å². The molecule has 1 aliphatic rings. The molecule has 1 aliphatic heterocycles. The number of likely N-dealkylation sites (N-methyl/N-ethyl adjacent to an activating group) is 1. The predicted octanol–water partition coefficient (Wildman–Crippen LogP) is 6.27. The fraction of sp³-hybridized carbons (Fsp3) is 0.192. The molecule has 1 amide bonds. The zero-order chi connectivity index (χ0) is 24.4. The Kier molecular flexibility index (Phi) is 7.09. The summed E-state index contributed by atoms with van der Waals surface area (Å²) >= 11 is 4.78. The molecule has 0 radical (unpaired) electrons. The number of aromatic nitrogens is 1. The Balaban J connectivity index is 1.65. The first-order valence-corrected chi connectivity index (χ1v) is 12.4. The van der Waals surface area contributed by atoms with E-state index in [1.165, 1.54) is 11.8 Å². The van der Waals surface area contributed by atoms with Gasteiger partial charge in [-0.1, -0.05) is 22.0 Å². The Bertz CT molecular complexity index is 1330. The molecule has 34 heavy (non-hydrogen) atoms. The molecular weight excluding hydrogens is 514 g/mol. The van der Waals surface area contributed by atoms with Crippen molar-refractivity contribution in [2.24, 2.45) is 4.99 Å². The Hall–Kier alpha value is -3.10. The lowest BCUT2D eigenvalue weighted by atomic mass is 10.2. The van der Waals surface area contributed by atoms with Crippen LogP contribution >= 0.6 is 27.7 Å². The number of amides is 1. The van der Waals surface area contributed by atoms with Crippen LogP contribution in [0.3, 0.4) is 0 Å². The molecule has 0 atom stereocenters. The van der Waals surface area contributed by atoms with Crippen molar-refractivity contribution < 1.29 is 14.3 Å². The minimum absolute atomic E-state index is 0.0880. The molecule has 0 spiro atoms. The number of esters is 1. The number of halogens is 1. The molecule has 2 heterocycles.